The van der Waals surface area contributed by atoms with Crippen molar-refractivity contribution in [2.45, 2.75) is 32.6 Å². The fourth-order valence-corrected chi connectivity index (χ4v) is 2.69. The summed E-state index contributed by atoms with van der Waals surface area (Å²) in [7, 11) is 0. The van der Waals surface area contributed by atoms with Crippen LogP contribution in [-0.2, 0) is 16.6 Å². The van der Waals surface area contributed by atoms with Gasteiger partial charge in [-0.15, -0.1) is 0 Å². The summed E-state index contributed by atoms with van der Waals surface area (Å²) in [5.41, 5.74) is 6.85. The Morgan fingerprint density at radius 3 is 2.52 bits per heavy atom. The Balaban J connectivity index is 1.57. The molecule has 0 spiro atoms. The zero-order chi connectivity index (χ0) is 17.9. The minimum absolute atomic E-state index is 0.128. The topological polar surface area (TPSA) is 57.2 Å². The van der Waals surface area contributed by atoms with E-state index in [0.717, 1.165) is 22.2 Å². The second-order valence-corrected chi connectivity index (χ2v) is 7.22. The molecular formula is C21H23N3O. The Bertz CT molecular complexity index is 866. The summed E-state index contributed by atoms with van der Waals surface area (Å²) < 4.78 is 0. The quantitative estimate of drug-likeness (QED) is 0.547. The maximum Gasteiger partial charge on any atom is 0.245 e. The van der Waals surface area contributed by atoms with Gasteiger partial charge in [0.2, 0.25) is 5.91 Å². The van der Waals surface area contributed by atoms with Gasteiger partial charge in [0.1, 0.15) is 0 Å². The SMILES string of the molecule is CC(C)(C)c1ccc(/C=N\NC(=O)Cc2cc3ccccc3[nH]2)cc1. The van der Waals surface area contributed by atoms with E-state index in [2.05, 4.69) is 48.4 Å². The number of amides is 1. The summed E-state index contributed by atoms with van der Waals surface area (Å²) in [6, 6.07) is 18.2. The Morgan fingerprint density at radius 1 is 1.12 bits per heavy atom. The summed E-state index contributed by atoms with van der Waals surface area (Å²) in [6.45, 7) is 6.54. The number of hydrogen-bond donors (Lipinski definition) is 2. The molecule has 0 unspecified atom stereocenters. The van der Waals surface area contributed by atoms with Crippen molar-refractivity contribution in [3.63, 3.8) is 0 Å². The number of fused-ring (bicyclic) bond motifs is 1. The van der Waals surface area contributed by atoms with E-state index >= 15 is 0 Å². The normalized spacial score (nSPS) is 12.0. The largest absolute Gasteiger partial charge is 0.358 e. The van der Waals surface area contributed by atoms with E-state index in [1.807, 2.05) is 42.5 Å². The molecule has 2 N–H and O–H groups in total. The standard InChI is InChI=1S/C21H23N3O/c1-21(2,3)17-10-8-15(9-11-17)14-22-24-20(25)13-18-12-16-6-4-5-7-19(16)23-18/h4-12,14,23H,13H2,1-3H3,(H,24,25)/b22-14-. The molecule has 0 saturated heterocycles. The number of H-pyrrole nitrogens is 1. The number of nitrogens with one attached hydrogen (secondary N) is 2. The first-order valence-corrected chi connectivity index (χ1v) is 8.41. The molecule has 2 aromatic carbocycles. The van der Waals surface area contributed by atoms with Crippen molar-refractivity contribution in [2.75, 3.05) is 0 Å². The molecule has 4 nitrogen and oxygen atoms in total. The Hall–Kier alpha value is -2.88. The van der Waals surface area contributed by atoms with Gasteiger partial charge in [-0.05, 0) is 34.1 Å². The molecule has 25 heavy (non-hydrogen) atoms. The fraction of sp³-hybridized carbons (Fsp3) is 0.238. The average molecular weight is 333 g/mol. The van der Waals surface area contributed by atoms with Gasteiger partial charge in [-0.25, -0.2) is 5.43 Å². The zero-order valence-corrected chi connectivity index (χ0v) is 14.8. The van der Waals surface area contributed by atoms with E-state index in [1.54, 1.807) is 6.21 Å². The summed E-state index contributed by atoms with van der Waals surface area (Å²) in [5.74, 6) is -0.144. The van der Waals surface area contributed by atoms with Crippen LogP contribution >= 0.6 is 0 Å². The van der Waals surface area contributed by atoms with Crippen molar-refractivity contribution in [1.82, 2.24) is 10.4 Å². The third-order valence-corrected chi connectivity index (χ3v) is 4.12. The lowest BCUT2D eigenvalue weighted by Crippen LogP contribution is -2.19. The smallest absolute Gasteiger partial charge is 0.245 e. The van der Waals surface area contributed by atoms with E-state index < -0.39 is 0 Å². The molecule has 1 heterocycles. The molecule has 4 heteroatoms. The van der Waals surface area contributed by atoms with E-state index in [4.69, 9.17) is 0 Å². The fourth-order valence-electron chi connectivity index (χ4n) is 2.69. The van der Waals surface area contributed by atoms with Crippen molar-refractivity contribution >= 4 is 23.0 Å². The Morgan fingerprint density at radius 2 is 1.84 bits per heavy atom. The lowest BCUT2D eigenvalue weighted by Gasteiger charge is -2.18. The van der Waals surface area contributed by atoms with Gasteiger partial charge in [0.05, 0.1) is 12.6 Å². The molecule has 0 fully saturated rings. The highest BCUT2D eigenvalue weighted by atomic mass is 16.2. The summed E-state index contributed by atoms with van der Waals surface area (Å²) in [5, 5.41) is 5.15. The number of carbonyl (C=O) groups is 1. The highest BCUT2D eigenvalue weighted by Gasteiger charge is 2.12. The highest BCUT2D eigenvalue weighted by molar-refractivity contribution is 5.85. The molecule has 1 amide bonds. The highest BCUT2D eigenvalue weighted by Crippen LogP contribution is 2.21. The van der Waals surface area contributed by atoms with Gasteiger partial charge >= 0.3 is 0 Å². The molecule has 128 valence electrons. The van der Waals surface area contributed by atoms with Gasteiger partial charge < -0.3 is 4.98 Å². The van der Waals surface area contributed by atoms with Gasteiger partial charge in [0.25, 0.3) is 0 Å². The molecule has 3 rings (SSSR count). The molecule has 0 radical (unpaired) electrons. The summed E-state index contributed by atoms with van der Waals surface area (Å²) >= 11 is 0. The first-order chi connectivity index (χ1) is 11.9. The minimum Gasteiger partial charge on any atom is -0.358 e. The third-order valence-electron chi connectivity index (χ3n) is 4.12. The molecule has 0 saturated carbocycles. The Labute approximate surface area is 148 Å². The van der Waals surface area contributed by atoms with E-state index in [-0.39, 0.29) is 17.7 Å². The van der Waals surface area contributed by atoms with Crippen molar-refractivity contribution in [3.05, 3.63) is 71.4 Å². The molecule has 0 aliphatic heterocycles. The Kier molecular flexibility index (Phi) is 4.70. The second-order valence-electron chi connectivity index (χ2n) is 7.22. The molecule has 0 aliphatic rings. The van der Waals surface area contributed by atoms with Crippen LogP contribution in [0.15, 0.2) is 59.7 Å². The molecule has 0 aliphatic carbocycles. The molecule has 3 aromatic rings. The number of nitrogens with zero attached hydrogens (tertiary/aromatic N) is 1. The van der Waals surface area contributed by atoms with Crippen LogP contribution in [0.3, 0.4) is 0 Å². The number of hydrogen-bond acceptors (Lipinski definition) is 2. The van der Waals surface area contributed by atoms with Crippen molar-refractivity contribution in [1.29, 1.82) is 0 Å². The summed E-state index contributed by atoms with van der Waals surface area (Å²) in [4.78, 5) is 15.3. The summed E-state index contributed by atoms with van der Waals surface area (Å²) in [6.07, 6.45) is 1.94. The van der Waals surface area contributed by atoms with Gasteiger partial charge in [0.15, 0.2) is 0 Å². The number of aromatic amines is 1. The van der Waals surface area contributed by atoms with Crippen LogP contribution in [0.5, 0.6) is 0 Å². The minimum atomic E-state index is -0.144. The van der Waals surface area contributed by atoms with E-state index in [0.29, 0.717) is 0 Å². The maximum absolute atomic E-state index is 12.0. The number of carbonyl (C=O) groups excluding carboxylic acids is 1. The van der Waals surface area contributed by atoms with Crippen molar-refractivity contribution < 1.29 is 4.79 Å². The number of rotatable bonds is 4. The van der Waals surface area contributed by atoms with Gasteiger partial charge in [-0.1, -0.05) is 63.2 Å². The van der Waals surface area contributed by atoms with Crippen LogP contribution in [-0.4, -0.2) is 17.1 Å². The molecule has 1 aromatic heterocycles. The number of hydrazone groups is 1. The van der Waals surface area contributed by atoms with Gasteiger partial charge in [-0.3, -0.25) is 4.79 Å². The predicted octanol–water partition coefficient (Wildman–Crippen LogP) is 4.16. The predicted molar refractivity (Wildman–Crippen MR) is 103 cm³/mol. The van der Waals surface area contributed by atoms with Gasteiger partial charge in [-0.2, -0.15) is 5.10 Å². The van der Waals surface area contributed by atoms with E-state index in [1.165, 1.54) is 5.56 Å². The lowest BCUT2D eigenvalue weighted by molar-refractivity contribution is -0.120. The zero-order valence-electron chi connectivity index (χ0n) is 14.8. The molecule has 0 bridgehead atoms. The van der Waals surface area contributed by atoms with Crippen LogP contribution < -0.4 is 5.43 Å². The maximum atomic E-state index is 12.0. The molecule has 0 atom stereocenters. The van der Waals surface area contributed by atoms with Crippen LogP contribution in [0.25, 0.3) is 10.9 Å². The second kappa shape index (κ2) is 6.93. The van der Waals surface area contributed by atoms with Crippen LogP contribution in [0.2, 0.25) is 0 Å². The number of aromatic nitrogens is 1. The number of benzene rings is 2. The molecular weight excluding hydrogens is 310 g/mol. The van der Waals surface area contributed by atoms with Crippen LogP contribution in [0, 0.1) is 0 Å². The lowest BCUT2D eigenvalue weighted by atomic mass is 9.87. The van der Waals surface area contributed by atoms with E-state index in [9.17, 15) is 4.79 Å². The first-order valence-electron chi connectivity index (χ1n) is 8.41. The first kappa shape index (κ1) is 17.0. The monoisotopic (exact) mass is 333 g/mol. The van der Waals surface area contributed by atoms with Crippen molar-refractivity contribution in [3.8, 4) is 0 Å². The number of para-hydroxylation sites is 1. The average Bonchev–Trinajstić information content (AvgIpc) is 2.96. The van der Waals surface area contributed by atoms with Crippen LogP contribution in [0.1, 0.15) is 37.6 Å². The van der Waals surface area contributed by atoms with Crippen LogP contribution in [0.4, 0.5) is 0 Å². The third kappa shape index (κ3) is 4.35. The van der Waals surface area contributed by atoms with Gasteiger partial charge in [0, 0.05) is 11.2 Å². The van der Waals surface area contributed by atoms with Crippen molar-refractivity contribution in [2.24, 2.45) is 5.10 Å².